The fourth-order valence-electron chi connectivity index (χ4n) is 4.72. The summed E-state index contributed by atoms with van der Waals surface area (Å²) in [5.41, 5.74) is 11.8. The number of hydrogen-bond donors (Lipinski definition) is 1. The Labute approximate surface area is 189 Å². The molecule has 0 bridgehead atoms. The van der Waals surface area contributed by atoms with Crippen molar-refractivity contribution in [3.05, 3.63) is 59.2 Å². The molecule has 2 fully saturated rings. The molecule has 2 saturated heterocycles. The van der Waals surface area contributed by atoms with Gasteiger partial charge in [0.15, 0.2) is 0 Å². The van der Waals surface area contributed by atoms with Crippen LogP contribution in [-0.4, -0.2) is 44.2 Å². The molecule has 1 unspecified atom stereocenters. The number of anilines is 1. The zero-order valence-electron chi connectivity index (χ0n) is 19.8. The zero-order valence-corrected chi connectivity index (χ0v) is 19.8. The largest absolute Gasteiger partial charge is 0.492 e. The first-order valence-corrected chi connectivity index (χ1v) is 12.3. The summed E-state index contributed by atoms with van der Waals surface area (Å²) >= 11 is 0. The molecule has 0 aliphatic carbocycles. The van der Waals surface area contributed by atoms with Gasteiger partial charge in [-0.3, -0.25) is 4.90 Å². The summed E-state index contributed by atoms with van der Waals surface area (Å²) in [4.78, 5) is 4.99. The molecule has 170 valence electrons. The number of ether oxygens (including phenoxy) is 1. The second-order valence-electron chi connectivity index (χ2n) is 8.50. The average Bonchev–Trinajstić information content (AvgIpc) is 3.34. The van der Waals surface area contributed by atoms with Gasteiger partial charge in [-0.05, 0) is 87.0 Å². The minimum atomic E-state index is -0.119. The predicted octanol–water partition coefficient (Wildman–Crippen LogP) is 5.53. The SMILES string of the molecule is CC.Cc1cccc(N2CCCCC2)c1C(N)c1ccc(OCCN2CCCC2)cc1. The van der Waals surface area contributed by atoms with Crippen LogP contribution in [0, 0.1) is 6.92 Å². The molecule has 31 heavy (non-hydrogen) atoms. The van der Waals surface area contributed by atoms with E-state index in [2.05, 4.69) is 59.2 Å². The van der Waals surface area contributed by atoms with Crippen molar-refractivity contribution in [2.75, 3.05) is 44.2 Å². The van der Waals surface area contributed by atoms with Gasteiger partial charge in [0.25, 0.3) is 0 Å². The normalized spacial score (nSPS) is 17.7. The van der Waals surface area contributed by atoms with Crippen LogP contribution in [0.5, 0.6) is 5.75 Å². The second-order valence-corrected chi connectivity index (χ2v) is 8.50. The van der Waals surface area contributed by atoms with Gasteiger partial charge in [-0.2, -0.15) is 0 Å². The first-order chi connectivity index (χ1) is 15.2. The molecule has 0 spiro atoms. The lowest BCUT2D eigenvalue weighted by Crippen LogP contribution is -2.31. The van der Waals surface area contributed by atoms with Gasteiger partial charge >= 0.3 is 0 Å². The fourth-order valence-corrected chi connectivity index (χ4v) is 4.72. The highest BCUT2D eigenvalue weighted by Gasteiger charge is 2.21. The number of nitrogens with zero attached hydrogens (tertiary/aromatic N) is 2. The zero-order chi connectivity index (χ0) is 22.1. The number of aryl methyl sites for hydroxylation is 1. The standard InChI is InChI=1S/C25H35N3O.C2H6/c1-20-8-7-9-23(28-16-3-2-4-17-28)24(20)25(26)21-10-12-22(13-11-21)29-19-18-27-14-5-6-15-27;1-2/h7-13,25H,2-6,14-19,26H2,1H3;1-2H3. The van der Waals surface area contributed by atoms with Gasteiger partial charge in [-0.25, -0.2) is 0 Å². The molecule has 2 aliphatic rings. The highest BCUT2D eigenvalue weighted by Crippen LogP contribution is 2.34. The van der Waals surface area contributed by atoms with Crippen LogP contribution >= 0.6 is 0 Å². The maximum absolute atomic E-state index is 6.78. The van der Waals surface area contributed by atoms with Crippen LogP contribution in [0.4, 0.5) is 5.69 Å². The van der Waals surface area contributed by atoms with E-state index >= 15 is 0 Å². The number of hydrogen-bond acceptors (Lipinski definition) is 4. The maximum atomic E-state index is 6.78. The van der Waals surface area contributed by atoms with Crippen LogP contribution in [0.1, 0.15) is 68.7 Å². The van der Waals surface area contributed by atoms with Crippen LogP contribution in [0.15, 0.2) is 42.5 Å². The molecule has 4 rings (SSSR count). The molecule has 2 aliphatic heterocycles. The Kier molecular flexibility index (Phi) is 9.23. The van der Waals surface area contributed by atoms with Gasteiger partial charge in [0.1, 0.15) is 12.4 Å². The smallest absolute Gasteiger partial charge is 0.119 e. The molecule has 2 N–H and O–H groups in total. The molecule has 4 heteroatoms. The Morgan fingerprint density at radius 3 is 2.19 bits per heavy atom. The molecule has 0 amide bonds. The van der Waals surface area contributed by atoms with Crippen LogP contribution in [0.3, 0.4) is 0 Å². The van der Waals surface area contributed by atoms with E-state index in [4.69, 9.17) is 10.5 Å². The van der Waals surface area contributed by atoms with Crippen LogP contribution in [0.25, 0.3) is 0 Å². The Morgan fingerprint density at radius 2 is 1.52 bits per heavy atom. The van der Waals surface area contributed by atoms with Gasteiger partial charge in [0.05, 0.1) is 6.04 Å². The van der Waals surface area contributed by atoms with Gasteiger partial charge in [0, 0.05) is 25.3 Å². The molecule has 2 aromatic rings. The van der Waals surface area contributed by atoms with Gasteiger partial charge in [0.2, 0.25) is 0 Å². The Bertz CT molecular complexity index is 778. The predicted molar refractivity (Wildman–Crippen MR) is 132 cm³/mol. The molecule has 2 heterocycles. The van der Waals surface area contributed by atoms with Crippen molar-refractivity contribution in [1.82, 2.24) is 4.90 Å². The van der Waals surface area contributed by atoms with E-state index in [9.17, 15) is 0 Å². The van der Waals surface area contributed by atoms with Crippen molar-refractivity contribution in [2.45, 2.75) is 58.9 Å². The number of piperidine rings is 1. The lowest BCUT2D eigenvalue weighted by molar-refractivity contribution is 0.238. The molecular formula is C27H41N3O. The quantitative estimate of drug-likeness (QED) is 0.635. The number of nitrogens with two attached hydrogens (primary N) is 1. The van der Waals surface area contributed by atoms with Crippen molar-refractivity contribution in [3.8, 4) is 5.75 Å². The second kappa shape index (κ2) is 12.1. The molecule has 0 radical (unpaired) electrons. The van der Waals surface area contributed by atoms with E-state index in [0.717, 1.165) is 37.6 Å². The fraction of sp³-hybridized carbons (Fsp3) is 0.556. The summed E-state index contributed by atoms with van der Waals surface area (Å²) in [5.74, 6) is 0.932. The highest BCUT2D eigenvalue weighted by molar-refractivity contribution is 5.60. The summed E-state index contributed by atoms with van der Waals surface area (Å²) < 4.78 is 5.96. The monoisotopic (exact) mass is 423 g/mol. The first-order valence-electron chi connectivity index (χ1n) is 12.3. The van der Waals surface area contributed by atoms with E-state index in [1.807, 2.05) is 13.8 Å². The van der Waals surface area contributed by atoms with Crippen molar-refractivity contribution in [3.63, 3.8) is 0 Å². The van der Waals surface area contributed by atoms with Gasteiger partial charge < -0.3 is 15.4 Å². The van der Waals surface area contributed by atoms with Crippen molar-refractivity contribution in [1.29, 1.82) is 0 Å². The molecule has 2 aromatic carbocycles. The van der Waals surface area contributed by atoms with Gasteiger partial charge in [-0.1, -0.05) is 38.1 Å². The topological polar surface area (TPSA) is 41.7 Å². The molecule has 0 aromatic heterocycles. The van der Waals surface area contributed by atoms with Crippen LogP contribution in [-0.2, 0) is 0 Å². The third-order valence-corrected chi connectivity index (χ3v) is 6.42. The summed E-state index contributed by atoms with van der Waals surface area (Å²) in [6, 6.07) is 14.8. The van der Waals surface area contributed by atoms with Gasteiger partial charge in [-0.15, -0.1) is 0 Å². The van der Waals surface area contributed by atoms with E-state index < -0.39 is 0 Å². The number of benzene rings is 2. The van der Waals surface area contributed by atoms with Crippen LogP contribution < -0.4 is 15.4 Å². The van der Waals surface area contributed by atoms with E-state index in [0.29, 0.717) is 0 Å². The Hall–Kier alpha value is -2.04. The Morgan fingerprint density at radius 1 is 0.871 bits per heavy atom. The highest BCUT2D eigenvalue weighted by atomic mass is 16.5. The minimum absolute atomic E-state index is 0.119. The summed E-state index contributed by atoms with van der Waals surface area (Å²) in [6.45, 7) is 12.6. The molecule has 4 nitrogen and oxygen atoms in total. The number of rotatable bonds is 7. The third kappa shape index (κ3) is 6.24. The summed E-state index contributed by atoms with van der Waals surface area (Å²) in [5, 5.41) is 0. The van der Waals surface area contributed by atoms with E-state index in [1.165, 1.54) is 62.0 Å². The lowest BCUT2D eigenvalue weighted by atomic mass is 9.93. The maximum Gasteiger partial charge on any atom is 0.119 e. The van der Waals surface area contributed by atoms with E-state index in [-0.39, 0.29) is 6.04 Å². The van der Waals surface area contributed by atoms with Crippen molar-refractivity contribution >= 4 is 5.69 Å². The average molecular weight is 424 g/mol. The van der Waals surface area contributed by atoms with E-state index in [1.54, 1.807) is 0 Å². The Balaban J connectivity index is 0.00000132. The molecular weight excluding hydrogens is 382 g/mol. The first kappa shape index (κ1) is 23.6. The van der Waals surface area contributed by atoms with Crippen molar-refractivity contribution in [2.24, 2.45) is 5.73 Å². The molecule has 1 atom stereocenters. The third-order valence-electron chi connectivity index (χ3n) is 6.42. The minimum Gasteiger partial charge on any atom is -0.492 e. The van der Waals surface area contributed by atoms with Crippen LogP contribution in [0.2, 0.25) is 0 Å². The molecule has 0 saturated carbocycles. The van der Waals surface area contributed by atoms with Crippen molar-refractivity contribution < 1.29 is 4.74 Å². The summed E-state index contributed by atoms with van der Waals surface area (Å²) in [7, 11) is 0. The number of likely N-dealkylation sites (tertiary alicyclic amines) is 1. The summed E-state index contributed by atoms with van der Waals surface area (Å²) in [6.07, 6.45) is 6.52. The lowest BCUT2D eigenvalue weighted by Gasteiger charge is -2.32.